The first-order valence-corrected chi connectivity index (χ1v) is 10.6. The zero-order valence-electron chi connectivity index (χ0n) is 15.0. The molecule has 0 radical (unpaired) electrons. The topological polar surface area (TPSA) is 69.7 Å². The zero-order valence-corrected chi connectivity index (χ0v) is 16.7. The van der Waals surface area contributed by atoms with Gasteiger partial charge in [0.15, 0.2) is 0 Å². The number of hydrogen-bond donors (Lipinski definition) is 1. The molecule has 0 atom stereocenters. The largest absolute Gasteiger partial charge is 0.341 e. The fraction of sp³-hybridized carbons (Fsp3) is 0.611. The minimum atomic E-state index is -3.40. The molecule has 2 saturated heterocycles. The van der Waals surface area contributed by atoms with Gasteiger partial charge in [-0.1, -0.05) is 18.6 Å². The molecule has 0 bridgehead atoms. The highest BCUT2D eigenvalue weighted by Crippen LogP contribution is 2.21. The van der Waals surface area contributed by atoms with Gasteiger partial charge in [-0.05, 0) is 43.5 Å². The molecule has 26 heavy (non-hydrogen) atoms. The number of halogens is 1. The molecule has 146 valence electrons. The molecule has 2 aliphatic heterocycles. The van der Waals surface area contributed by atoms with Crippen LogP contribution in [0.15, 0.2) is 29.2 Å². The van der Waals surface area contributed by atoms with Crippen molar-refractivity contribution < 1.29 is 13.2 Å². The first-order chi connectivity index (χ1) is 12.1. The molecule has 0 spiro atoms. The lowest BCUT2D eigenvalue weighted by Crippen LogP contribution is -2.35. The van der Waals surface area contributed by atoms with Gasteiger partial charge in [-0.25, -0.2) is 8.42 Å². The molecule has 2 fully saturated rings. The summed E-state index contributed by atoms with van der Waals surface area (Å²) >= 11 is 0. The smallest absolute Gasteiger partial charge is 0.243 e. The Morgan fingerprint density at radius 3 is 2.31 bits per heavy atom. The van der Waals surface area contributed by atoms with E-state index in [0.717, 1.165) is 57.4 Å². The van der Waals surface area contributed by atoms with E-state index in [4.69, 9.17) is 0 Å². The standard InChI is InChI=1S/C18H27N3O3S.ClH/c22-18(20-11-4-9-19-10-14-20)15-16-5-7-17(8-6-16)25(23,24)21-12-2-1-3-13-21;/h5-8,19H,1-4,9-15H2;1H. The van der Waals surface area contributed by atoms with Gasteiger partial charge in [-0.15, -0.1) is 12.4 Å². The molecular weight excluding hydrogens is 374 g/mol. The third kappa shape index (κ3) is 5.19. The van der Waals surface area contributed by atoms with Crippen molar-refractivity contribution in [3.8, 4) is 0 Å². The highest BCUT2D eigenvalue weighted by Gasteiger charge is 2.25. The number of amides is 1. The van der Waals surface area contributed by atoms with E-state index in [-0.39, 0.29) is 18.3 Å². The second-order valence-electron chi connectivity index (χ2n) is 6.77. The molecule has 0 aliphatic carbocycles. The number of carbonyl (C=O) groups is 1. The Kier molecular flexibility index (Phi) is 7.88. The minimum Gasteiger partial charge on any atom is -0.341 e. The second kappa shape index (κ2) is 9.69. The maximum Gasteiger partial charge on any atom is 0.243 e. The third-order valence-electron chi connectivity index (χ3n) is 4.92. The Morgan fingerprint density at radius 2 is 1.62 bits per heavy atom. The Morgan fingerprint density at radius 1 is 0.923 bits per heavy atom. The Bertz CT molecular complexity index is 680. The van der Waals surface area contributed by atoms with E-state index < -0.39 is 10.0 Å². The molecule has 2 heterocycles. The summed E-state index contributed by atoms with van der Waals surface area (Å²) in [5, 5.41) is 3.29. The quantitative estimate of drug-likeness (QED) is 0.832. The predicted molar refractivity (Wildman–Crippen MR) is 104 cm³/mol. The van der Waals surface area contributed by atoms with Crippen molar-refractivity contribution in [2.75, 3.05) is 39.3 Å². The first kappa shape index (κ1) is 21.2. The van der Waals surface area contributed by atoms with Gasteiger partial charge < -0.3 is 10.2 Å². The Labute approximate surface area is 162 Å². The summed E-state index contributed by atoms with van der Waals surface area (Å²) in [6, 6.07) is 6.81. The van der Waals surface area contributed by atoms with Crippen molar-refractivity contribution >= 4 is 28.3 Å². The van der Waals surface area contributed by atoms with Crippen LogP contribution in [0.2, 0.25) is 0 Å². The number of hydrogen-bond acceptors (Lipinski definition) is 4. The van der Waals surface area contributed by atoms with Crippen molar-refractivity contribution in [2.45, 2.75) is 37.0 Å². The molecular formula is C18H28ClN3O3S. The van der Waals surface area contributed by atoms with Gasteiger partial charge >= 0.3 is 0 Å². The lowest BCUT2D eigenvalue weighted by atomic mass is 10.1. The molecule has 8 heteroatoms. The van der Waals surface area contributed by atoms with Crippen LogP contribution in [0.5, 0.6) is 0 Å². The molecule has 0 unspecified atom stereocenters. The van der Waals surface area contributed by atoms with Crippen LogP contribution in [0.3, 0.4) is 0 Å². The predicted octanol–water partition coefficient (Wildman–Crippen LogP) is 1.65. The van der Waals surface area contributed by atoms with Gasteiger partial charge in [-0.3, -0.25) is 4.79 Å². The van der Waals surface area contributed by atoms with Crippen LogP contribution in [0, 0.1) is 0 Å². The third-order valence-corrected chi connectivity index (χ3v) is 6.84. The zero-order chi connectivity index (χ0) is 17.7. The molecule has 1 aromatic carbocycles. The average molecular weight is 402 g/mol. The summed E-state index contributed by atoms with van der Waals surface area (Å²) in [6.45, 7) is 4.51. The van der Waals surface area contributed by atoms with Gasteiger partial charge in [0.1, 0.15) is 0 Å². The summed E-state index contributed by atoms with van der Waals surface area (Å²) in [5.41, 5.74) is 0.861. The van der Waals surface area contributed by atoms with Crippen molar-refractivity contribution in [3.05, 3.63) is 29.8 Å². The monoisotopic (exact) mass is 401 g/mol. The van der Waals surface area contributed by atoms with Crippen LogP contribution in [0.25, 0.3) is 0 Å². The molecule has 1 aromatic rings. The highest BCUT2D eigenvalue weighted by molar-refractivity contribution is 7.89. The summed E-state index contributed by atoms with van der Waals surface area (Å²) in [7, 11) is -3.40. The first-order valence-electron chi connectivity index (χ1n) is 9.15. The molecule has 0 saturated carbocycles. The van der Waals surface area contributed by atoms with E-state index in [1.165, 1.54) is 0 Å². The number of benzene rings is 1. The Balaban J connectivity index is 0.00000243. The van der Waals surface area contributed by atoms with Crippen LogP contribution in [-0.4, -0.2) is 62.8 Å². The van der Waals surface area contributed by atoms with Crippen LogP contribution < -0.4 is 5.32 Å². The average Bonchev–Trinajstić information content (AvgIpc) is 2.92. The van der Waals surface area contributed by atoms with Gasteiger partial charge in [0, 0.05) is 32.7 Å². The van der Waals surface area contributed by atoms with E-state index >= 15 is 0 Å². The maximum absolute atomic E-state index is 12.7. The number of sulfonamides is 1. The summed E-state index contributed by atoms with van der Waals surface area (Å²) in [5.74, 6) is 0.107. The van der Waals surface area contributed by atoms with E-state index in [1.54, 1.807) is 28.6 Å². The van der Waals surface area contributed by atoms with Gasteiger partial charge in [0.05, 0.1) is 11.3 Å². The fourth-order valence-electron chi connectivity index (χ4n) is 3.42. The lowest BCUT2D eigenvalue weighted by Gasteiger charge is -2.26. The van der Waals surface area contributed by atoms with Crippen molar-refractivity contribution in [2.24, 2.45) is 0 Å². The van der Waals surface area contributed by atoms with Gasteiger partial charge in [0.2, 0.25) is 15.9 Å². The summed E-state index contributed by atoms with van der Waals surface area (Å²) in [4.78, 5) is 14.6. The molecule has 0 aromatic heterocycles. The summed E-state index contributed by atoms with van der Waals surface area (Å²) in [6.07, 6.45) is 4.24. The van der Waals surface area contributed by atoms with E-state index in [9.17, 15) is 13.2 Å². The molecule has 1 amide bonds. The van der Waals surface area contributed by atoms with Crippen molar-refractivity contribution in [3.63, 3.8) is 0 Å². The number of rotatable bonds is 4. The normalized spacial score (nSPS) is 19.5. The number of carbonyl (C=O) groups excluding carboxylic acids is 1. The maximum atomic E-state index is 12.7. The van der Waals surface area contributed by atoms with Crippen LogP contribution in [0.4, 0.5) is 0 Å². The van der Waals surface area contributed by atoms with E-state index in [0.29, 0.717) is 24.4 Å². The molecule has 2 aliphatic rings. The van der Waals surface area contributed by atoms with E-state index in [1.807, 2.05) is 4.90 Å². The number of piperidine rings is 1. The van der Waals surface area contributed by atoms with Crippen molar-refractivity contribution in [1.82, 2.24) is 14.5 Å². The van der Waals surface area contributed by atoms with Gasteiger partial charge in [0.25, 0.3) is 0 Å². The number of nitrogens with one attached hydrogen (secondary N) is 1. The summed E-state index contributed by atoms with van der Waals surface area (Å²) < 4.78 is 26.9. The van der Waals surface area contributed by atoms with Gasteiger partial charge in [-0.2, -0.15) is 4.31 Å². The van der Waals surface area contributed by atoms with Crippen LogP contribution in [-0.2, 0) is 21.2 Å². The highest BCUT2D eigenvalue weighted by atomic mass is 35.5. The van der Waals surface area contributed by atoms with E-state index in [2.05, 4.69) is 5.32 Å². The minimum absolute atomic E-state index is 0. The molecule has 3 rings (SSSR count). The van der Waals surface area contributed by atoms with Crippen molar-refractivity contribution in [1.29, 1.82) is 0 Å². The van der Waals surface area contributed by atoms with Crippen LogP contribution >= 0.6 is 12.4 Å². The number of nitrogens with zero attached hydrogens (tertiary/aromatic N) is 2. The Hall–Kier alpha value is -1.15. The second-order valence-corrected chi connectivity index (χ2v) is 8.71. The van der Waals surface area contributed by atoms with Crippen LogP contribution in [0.1, 0.15) is 31.2 Å². The fourth-order valence-corrected chi connectivity index (χ4v) is 4.93. The SMILES string of the molecule is Cl.O=C(Cc1ccc(S(=O)(=O)N2CCCCC2)cc1)N1CCCNCC1. The molecule has 1 N–H and O–H groups in total. The molecule has 6 nitrogen and oxygen atoms in total. The lowest BCUT2D eigenvalue weighted by molar-refractivity contribution is -0.130.